The van der Waals surface area contributed by atoms with E-state index in [0.717, 1.165) is 12.0 Å². The number of carbonyl (C=O) groups is 1. The second-order valence-corrected chi connectivity index (χ2v) is 3.92. The maximum Gasteiger partial charge on any atom is 0.163 e. The smallest absolute Gasteiger partial charge is 0.163 e. The summed E-state index contributed by atoms with van der Waals surface area (Å²) < 4.78 is 0. The first-order valence-electron chi connectivity index (χ1n) is 5.29. The van der Waals surface area contributed by atoms with Gasteiger partial charge in [-0.25, -0.2) is 0 Å². The van der Waals surface area contributed by atoms with Gasteiger partial charge in [-0.05, 0) is 17.9 Å². The Labute approximate surface area is 86.1 Å². The SMILES string of the molecule is CCCC(=O)c1ccccc1C(C)C. The molecule has 0 fully saturated rings. The van der Waals surface area contributed by atoms with Crippen molar-refractivity contribution in [3.8, 4) is 0 Å². The van der Waals surface area contributed by atoms with Crippen molar-refractivity contribution >= 4 is 5.78 Å². The second kappa shape index (κ2) is 4.94. The van der Waals surface area contributed by atoms with Crippen LogP contribution in [0, 0.1) is 0 Å². The molecule has 0 unspecified atom stereocenters. The third-order valence-corrected chi connectivity index (χ3v) is 2.36. The van der Waals surface area contributed by atoms with Crippen LogP contribution in [0.4, 0.5) is 0 Å². The molecule has 0 aliphatic heterocycles. The minimum Gasteiger partial charge on any atom is -0.294 e. The third kappa shape index (κ3) is 2.44. The van der Waals surface area contributed by atoms with Crippen LogP contribution in [0.2, 0.25) is 0 Å². The van der Waals surface area contributed by atoms with Crippen molar-refractivity contribution in [2.45, 2.75) is 39.5 Å². The highest BCUT2D eigenvalue weighted by Gasteiger charge is 2.11. The molecule has 14 heavy (non-hydrogen) atoms. The fraction of sp³-hybridized carbons (Fsp3) is 0.462. The lowest BCUT2D eigenvalue weighted by Gasteiger charge is -2.10. The van der Waals surface area contributed by atoms with Crippen LogP contribution in [-0.4, -0.2) is 5.78 Å². The highest BCUT2D eigenvalue weighted by atomic mass is 16.1. The highest BCUT2D eigenvalue weighted by molar-refractivity contribution is 5.97. The number of rotatable bonds is 4. The molecule has 0 aromatic heterocycles. The van der Waals surface area contributed by atoms with E-state index in [0.29, 0.717) is 12.3 Å². The van der Waals surface area contributed by atoms with Crippen LogP contribution in [0.3, 0.4) is 0 Å². The molecule has 0 radical (unpaired) electrons. The molecule has 1 aromatic rings. The Balaban J connectivity index is 3.00. The molecule has 0 aliphatic rings. The summed E-state index contributed by atoms with van der Waals surface area (Å²) in [6.45, 7) is 6.28. The van der Waals surface area contributed by atoms with Crippen molar-refractivity contribution in [3.05, 3.63) is 35.4 Å². The van der Waals surface area contributed by atoms with E-state index in [1.54, 1.807) is 0 Å². The summed E-state index contributed by atoms with van der Waals surface area (Å²) in [5.74, 6) is 0.698. The monoisotopic (exact) mass is 190 g/mol. The minimum absolute atomic E-state index is 0.275. The van der Waals surface area contributed by atoms with Crippen molar-refractivity contribution in [2.75, 3.05) is 0 Å². The van der Waals surface area contributed by atoms with E-state index in [9.17, 15) is 4.79 Å². The van der Waals surface area contributed by atoms with E-state index in [-0.39, 0.29) is 5.78 Å². The second-order valence-electron chi connectivity index (χ2n) is 3.92. The molecule has 76 valence electrons. The Kier molecular flexibility index (Phi) is 3.87. The summed E-state index contributed by atoms with van der Waals surface area (Å²) >= 11 is 0. The van der Waals surface area contributed by atoms with Gasteiger partial charge in [0.1, 0.15) is 0 Å². The van der Waals surface area contributed by atoms with Gasteiger partial charge in [0.25, 0.3) is 0 Å². The summed E-state index contributed by atoms with van der Waals surface area (Å²) in [5, 5.41) is 0. The Hall–Kier alpha value is -1.11. The normalized spacial score (nSPS) is 10.6. The van der Waals surface area contributed by atoms with Crippen LogP contribution >= 0.6 is 0 Å². The zero-order valence-corrected chi connectivity index (χ0v) is 9.21. The van der Waals surface area contributed by atoms with Gasteiger partial charge in [0.2, 0.25) is 0 Å². The molecule has 1 nitrogen and oxygen atoms in total. The maximum atomic E-state index is 11.8. The highest BCUT2D eigenvalue weighted by Crippen LogP contribution is 2.20. The van der Waals surface area contributed by atoms with Gasteiger partial charge in [-0.1, -0.05) is 45.0 Å². The van der Waals surface area contributed by atoms with Crippen LogP contribution < -0.4 is 0 Å². The number of hydrogen-bond acceptors (Lipinski definition) is 1. The number of Topliss-reactive ketones (excluding diaryl/α,β-unsaturated/α-hetero) is 1. The first-order valence-corrected chi connectivity index (χ1v) is 5.29. The fourth-order valence-electron chi connectivity index (χ4n) is 1.62. The van der Waals surface area contributed by atoms with Crippen LogP contribution in [0.15, 0.2) is 24.3 Å². The first kappa shape index (κ1) is 11.0. The zero-order valence-electron chi connectivity index (χ0n) is 9.21. The summed E-state index contributed by atoms with van der Waals surface area (Å²) in [6, 6.07) is 7.92. The van der Waals surface area contributed by atoms with E-state index in [2.05, 4.69) is 13.8 Å². The van der Waals surface area contributed by atoms with Gasteiger partial charge in [0.05, 0.1) is 0 Å². The van der Waals surface area contributed by atoms with Crippen molar-refractivity contribution < 1.29 is 4.79 Å². The number of carbonyl (C=O) groups excluding carboxylic acids is 1. The van der Waals surface area contributed by atoms with Gasteiger partial charge in [-0.3, -0.25) is 4.79 Å². The average molecular weight is 190 g/mol. The maximum absolute atomic E-state index is 11.8. The zero-order chi connectivity index (χ0) is 10.6. The molecule has 0 saturated heterocycles. The summed E-state index contributed by atoms with van der Waals surface area (Å²) in [7, 11) is 0. The Morgan fingerprint density at radius 2 is 1.93 bits per heavy atom. The molecule has 1 heteroatoms. The van der Waals surface area contributed by atoms with E-state index < -0.39 is 0 Å². The van der Waals surface area contributed by atoms with E-state index in [1.807, 2.05) is 31.2 Å². The van der Waals surface area contributed by atoms with E-state index in [1.165, 1.54) is 5.56 Å². The standard InChI is InChI=1S/C13H18O/c1-4-7-13(14)12-9-6-5-8-11(12)10(2)3/h5-6,8-10H,4,7H2,1-3H3. The Morgan fingerprint density at radius 1 is 1.29 bits per heavy atom. The predicted molar refractivity (Wildman–Crippen MR) is 59.8 cm³/mol. The van der Waals surface area contributed by atoms with Crippen LogP contribution in [-0.2, 0) is 0 Å². The van der Waals surface area contributed by atoms with Gasteiger partial charge in [-0.15, -0.1) is 0 Å². The van der Waals surface area contributed by atoms with Gasteiger partial charge in [0.15, 0.2) is 5.78 Å². The molecule has 0 heterocycles. The molecule has 0 spiro atoms. The van der Waals surface area contributed by atoms with Gasteiger partial charge >= 0.3 is 0 Å². The summed E-state index contributed by atoms with van der Waals surface area (Å²) in [4.78, 5) is 11.8. The lowest BCUT2D eigenvalue weighted by atomic mass is 9.93. The van der Waals surface area contributed by atoms with Crippen LogP contribution in [0.1, 0.15) is 55.5 Å². The van der Waals surface area contributed by atoms with Crippen molar-refractivity contribution in [1.82, 2.24) is 0 Å². The molecule has 0 saturated carbocycles. The van der Waals surface area contributed by atoms with Gasteiger partial charge < -0.3 is 0 Å². The summed E-state index contributed by atoms with van der Waals surface area (Å²) in [5.41, 5.74) is 2.08. The Bertz CT molecular complexity index is 313. The fourth-order valence-corrected chi connectivity index (χ4v) is 1.62. The van der Waals surface area contributed by atoms with E-state index >= 15 is 0 Å². The lowest BCUT2D eigenvalue weighted by Crippen LogP contribution is -2.04. The molecule has 0 amide bonds. The molecule has 0 aliphatic carbocycles. The molecule has 1 aromatic carbocycles. The number of ketones is 1. The quantitative estimate of drug-likeness (QED) is 0.660. The van der Waals surface area contributed by atoms with E-state index in [4.69, 9.17) is 0 Å². The molecule has 0 bridgehead atoms. The molecular formula is C13H18O. The average Bonchev–Trinajstić information content (AvgIpc) is 2.18. The van der Waals surface area contributed by atoms with Crippen molar-refractivity contribution in [3.63, 3.8) is 0 Å². The van der Waals surface area contributed by atoms with Crippen LogP contribution in [0.5, 0.6) is 0 Å². The third-order valence-electron chi connectivity index (χ3n) is 2.36. The molecule has 0 atom stereocenters. The largest absolute Gasteiger partial charge is 0.294 e. The topological polar surface area (TPSA) is 17.1 Å². The predicted octanol–water partition coefficient (Wildman–Crippen LogP) is 3.79. The first-order chi connectivity index (χ1) is 6.66. The number of hydrogen-bond donors (Lipinski definition) is 0. The molecular weight excluding hydrogens is 172 g/mol. The number of benzene rings is 1. The molecule has 0 N–H and O–H groups in total. The van der Waals surface area contributed by atoms with Gasteiger partial charge in [-0.2, -0.15) is 0 Å². The minimum atomic E-state index is 0.275. The van der Waals surface area contributed by atoms with Crippen molar-refractivity contribution in [1.29, 1.82) is 0 Å². The van der Waals surface area contributed by atoms with Crippen molar-refractivity contribution in [2.24, 2.45) is 0 Å². The lowest BCUT2D eigenvalue weighted by molar-refractivity contribution is 0.0980. The molecule has 1 rings (SSSR count). The van der Waals surface area contributed by atoms with Crippen LogP contribution in [0.25, 0.3) is 0 Å². The Morgan fingerprint density at radius 3 is 2.50 bits per heavy atom. The summed E-state index contributed by atoms with van der Waals surface area (Å²) in [6.07, 6.45) is 1.58. The van der Waals surface area contributed by atoms with Gasteiger partial charge in [0, 0.05) is 12.0 Å².